The highest BCUT2D eigenvalue weighted by molar-refractivity contribution is 5.91. The lowest BCUT2D eigenvalue weighted by Gasteiger charge is -1.87. The minimum absolute atomic E-state index is 0.423. The van der Waals surface area contributed by atoms with E-state index in [-0.39, 0.29) is 0 Å². The number of amides is 1. The quantitative estimate of drug-likeness (QED) is 0.400. The van der Waals surface area contributed by atoms with Crippen LogP contribution < -0.4 is 11.5 Å². The van der Waals surface area contributed by atoms with Crippen LogP contribution in [0.5, 0.6) is 0 Å². The molecule has 50 valence electrons. The molecule has 0 aliphatic carbocycles. The standard InChI is InChI=1S/C6H10N2O/c1-5(6(8)9)3-2-4-7/h2-4H,7H2,1H3,(H2,8,9). The first kappa shape index (κ1) is 7.75. The summed E-state index contributed by atoms with van der Waals surface area (Å²) in [5, 5.41) is 0. The summed E-state index contributed by atoms with van der Waals surface area (Å²) in [6.45, 7) is 1.63. The van der Waals surface area contributed by atoms with E-state index in [0.29, 0.717) is 5.57 Å². The van der Waals surface area contributed by atoms with Gasteiger partial charge in [-0.3, -0.25) is 4.79 Å². The zero-order valence-corrected chi connectivity index (χ0v) is 5.29. The molecule has 0 bridgehead atoms. The lowest BCUT2D eigenvalue weighted by Crippen LogP contribution is -2.11. The molecule has 0 aromatic carbocycles. The van der Waals surface area contributed by atoms with Crippen molar-refractivity contribution in [2.75, 3.05) is 0 Å². The first-order valence-corrected chi connectivity index (χ1v) is 2.53. The highest BCUT2D eigenvalue weighted by Crippen LogP contribution is 1.88. The number of hydrogen-bond donors (Lipinski definition) is 2. The fraction of sp³-hybridized carbons (Fsp3) is 0.167. The molecule has 0 spiro atoms. The number of carbonyl (C=O) groups excluding carboxylic acids is 1. The molecule has 0 aliphatic rings. The number of hydrogen-bond acceptors (Lipinski definition) is 2. The smallest absolute Gasteiger partial charge is 0.244 e. The molecule has 9 heavy (non-hydrogen) atoms. The van der Waals surface area contributed by atoms with Gasteiger partial charge in [0.1, 0.15) is 0 Å². The van der Waals surface area contributed by atoms with Gasteiger partial charge in [0, 0.05) is 5.57 Å². The predicted molar refractivity (Wildman–Crippen MR) is 36.3 cm³/mol. The molecular weight excluding hydrogens is 116 g/mol. The Morgan fingerprint density at radius 2 is 2.11 bits per heavy atom. The highest BCUT2D eigenvalue weighted by Gasteiger charge is 1.91. The Bertz CT molecular complexity index is 158. The normalized spacial score (nSPS) is 12.3. The van der Waals surface area contributed by atoms with Crippen molar-refractivity contribution in [1.29, 1.82) is 0 Å². The molecule has 0 radical (unpaired) electrons. The van der Waals surface area contributed by atoms with Crippen LogP contribution in [0, 0.1) is 0 Å². The van der Waals surface area contributed by atoms with Gasteiger partial charge >= 0.3 is 0 Å². The van der Waals surface area contributed by atoms with E-state index in [1.54, 1.807) is 19.1 Å². The average Bonchev–Trinajstić information content (AvgIpc) is 1.82. The van der Waals surface area contributed by atoms with Crippen molar-refractivity contribution in [2.24, 2.45) is 11.5 Å². The Morgan fingerprint density at radius 3 is 2.44 bits per heavy atom. The average molecular weight is 126 g/mol. The molecule has 0 aromatic rings. The summed E-state index contributed by atoms with van der Waals surface area (Å²) in [4.78, 5) is 10.3. The van der Waals surface area contributed by atoms with Crippen molar-refractivity contribution >= 4 is 5.91 Å². The number of nitrogens with two attached hydrogens (primary N) is 2. The third kappa shape index (κ3) is 3.34. The van der Waals surface area contributed by atoms with Crippen molar-refractivity contribution < 1.29 is 4.79 Å². The molecule has 0 rings (SSSR count). The van der Waals surface area contributed by atoms with Crippen LogP contribution in [-0.2, 0) is 4.79 Å². The van der Waals surface area contributed by atoms with Gasteiger partial charge in [0.25, 0.3) is 0 Å². The third-order valence-corrected chi connectivity index (χ3v) is 0.846. The van der Waals surface area contributed by atoms with Gasteiger partial charge in [0.2, 0.25) is 5.91 Å². The second kappa shape index (κ2) is 3.72. The molecule has 0 aromatic heterocycles. The fourth-order valence-electron chi connectivity index (χ4n) is 0.282. The van der Waals surface area contributed by atoms with Crippen molar-refractivity contribution in [3.05, 3.63) is 23.9 Å². The molecule has 1 amide bonds. The van der Waals surface area contributed by atoms with E-state index in [2.05, 4.69) is 0 Å². The molecular formula is C6H10N2O. The van der Waals surface area contributed by atoms with Crippen LogP contribution in [0.25, 0.3) is 0 Å². The van der Waals surface area contributed by atoms with Crippen LogP contribution in [0.1, 0.15) is 6.92 Å². The predicted octanol–water partition coefficient (Wildman–Crippen LogP) is -0.110. The highest BCUT2D eigenvalue weighted by atomic mass is 16.1. The molecule has 3 nitrogen and oxygen atoms in total. The molecule has 0 heterocycles. The van der Waals surface area contributed by atoms with Gasteiger partial charge in [-0.05, 0) is 19.2 Å². The Labute approximate surface area is 54.0 Å². The number of allylic oxidation sites excluding steroid dienone is 2. The maximum atomic E-state index is 10.3. The van der Waals surface area contributed by atoms with Crippen LogP contribution in [0.3, 0.4) is 0 Å². The molecule has 0 saturated carbocycles. The number of primary amides is 1. The molecule has 0 aliphatic heterocycles. The van der Waals surface area contributed by atoms with E-state index in [9.17, 15) is 4.79 Å². The summed E-state index contributed by atoms with van der Waals surface area (Å²) in [6.07, 6.45) is 4.45. The van der Waals surface area contributed by atoms with Gasteiger partial charge < -0.3 is 11.5 Å². The van der Waals surface area contributed by atoms with E-state index < -0.39 is 5.91 Å². The summed E-state index contributed by atoms with van der Waals surface area (Å²) < 4.78 is 0. The molecule has 0 fully saturated rings. The minimum atomic E-state index is -0.423. The molecule has 0 saturated heterocycles. The second-order valence-electron chi connectivity index (χ2n) is 1.60. The molecule has 0 unspecified atom stereocenters. The van der Waals surface area contributed by atoms with E-state index in [4.69, 9.17) is 11.5 Å². The van der Waals surface area contributed by atoms with Crippen molar-refractivity contribution in [3.63, 3.8) is 0 Å². The Balaban J connectivity index is 4.00. The largest absolute Gasteiger partial charge is 0.405 e. The summed E-state index contributed by atoms with van der Waals surface area (Å²) in [5.41, 5.74) is 10.4. The van der Waals surface area contributed by atoms with Gasteiger partial charge in [-0.25, -0.2) is 0 Å². The number of rotatable bonds is 2. The van der Waals surface area contributed by atoms with E-state index in [1.165, 1.54) is 6.20 Å². The van der Waals surface area contributed by atoms with Gasteiger partial charge in [-0.15, -0.1) is 0 Å². The topological polar surface area (TPSA) is 69.1 Å². The maximum absolute atomic E-state index is 10.3. The lowest BCUT2D eigenvalue weighted by atomic mass is 10.3. The minimum Gasteiger partial charge on any atom is -0.405 e. The molecule has 4 N–H and O–H groups in total. The van der Waals surface area contributed by atoms with Crippen LogP contribution in [0.4, 0.5) is 0 Å². The summed E-state index contributed by atoms with van der Waals surface area (Å²) in [5.74, 6) is -0.423. The Morgan fingerprint density at radius 1 is 1.56 bits per heavy atom. The van der Waals surface area contributed by atoms with Crippen LogP contribution in [-0.4, -0.2) is 5.91 Å². The van der Waals surface area contributed by atoms with Gasteiger partial charge in [0.15, 0.2) is 0 Å². The molecule has 3 heteroatoms. The summed E-state index contributed by atoms with van der Waals surface area (Å²) in [7, 11) is 0. The van der Waals surface area contributed by atoms with Crippen LogP contribution in [0.2, 0.25) is 0 Å². The van der Waals surface area contributed by atoms with Crippen LogP contribution >= 0.6 is 0 Å². The Hall–Kier alpha value is -1.25. The van der Waals surface area contributed by atoms with Crippen molar-refractivity contribution in [2.45, 2.75) is 6.92 Å². The van der Waals surface area contributed by atoms with E-state index >= 15 is 0 Å². The lowest BCUT2D eigenvalue weighted by molar-refractivity contribution is -0.114. The molecule has 0 atom stereocenters. The zero-order valence-electron chi connectivity index (χ0n) is 5.29. The van der Waals surface area contributed by atoms with Crippen molar-refractivity contribution in [1.82, 2.24) is 0 Å². The second-order valence-corrected chi connectivity index (χ2v) is 1.60. The van der Waals surface area contributed by atoms with Crippen molar-refractivity contribution in [3.8, 4) is 0 Å². The van der Waals surface area contributed by atoms with E-state index in [0.717, 1.165) is 0 Å². The third-order valence-electron chi connectivity index (χ3n) is 0.846. The monoisotopic (exact) mass is 126 g/mol. The number of carbonyl (C=O) groups is 1. The Kier molecular flexibility index (Phi) is 3.20. The SMILES string of the molecule is CC(=CC=CN)C(N)=O. The first-order chi connectivity index (χ1) is 4.18. The summed E-state index contributed by atoms with van der Waals surface area (Å²) >= 11 is 0. The summed E-state index contributed by atoms with van der Waals surface area (Å²) in [6, 6.07) is 0. The van der Waals surface area contributed by atoms with Gasteiger partial charge in [-0.1, -0.05) is 6.08 Å². The van der Waals surface area contributed by atoms with Gasteiger partial charge in [-0.2, -0.15) is 0 Å². The zero-order chi connectivity index (χ0) is 7.28. The van der Waals surface area contributed by atoms with E-state index in [1.807, 2.05) is 0 Å². The van der Waals surface area contributed by atoms with Crippen LogP contribution in [0.15, 0.2) is 23.9 Å². The maximum Gasteiger partial charge on any atom is 0.244 e. The fourth-order valence-corrected chi connectivity index (χ4v) is 0.282. The van der Waals surface area contributed by atoms with Gasteiger partial charge in [0.05, 0.1) is 0 Å². The first-order valence-electron chi connectivity index (χ1n) is 2.53.